The van der Waals surface area contributed by atoms with Crippen molar-refractivity contribution in [2.24, 2.45) is 5.41 Å². The van der Waals surface area contributed by atoms with Crippen molar-refractivity contribution in [2.45, 2.75) is 33.6 Å². The zero-order chi connectivity index (χ0) is 14.2. The van der Waals surface area contributed by atoms with E-state index >= 15 is 0 Å². The molecule has 1 aliphatic carbocycles. The quantitative estimate of drug-likeness (QED) is 0.905. The van der Waals surface area contributed by atoms with Gasteiger partial charge in [-0.3, -0.25) is 4.79 Å². The molecule has 0 fully saturated rings. The van der Waals surface area contributed by atoms with Gasteiger partial charge >= 0.3 is 0 Å². The van der Waals surface area contributed by atoms with Crippen LogP contribution in [0.3, 0.4) is 0 Å². The molecule has 0 amide bonds. The van der Waals surface area contributed by atoms with E-state index in [0.29, 0.717) is 13.0 Å². The predicted octanol–water partition coefficient (Wildman–Crippen LogP) is 2.23. The van der Waals surface area contributed by atoms with Gasteiger partial charge in [-0.25, -0.2) is 0 Å². The SMILES string of the molecule is COCCc1c(C)cc2c(c1C)C(=O)C(C)(CO)C2. The van der Waals surface area contributed by atoms with E-state index in [0.717, 1.165) is 23.1 Å². The molecule has 0 bridgehead atoms. The van der Waals surface area contributed by atoms with E-state index in [1.165, 1.54) is 11.1 Å². The van der Waals surface area contributed by atoms with Gasteiger partial charge < -0.3 is 9.84 Å². The first kappa shape index (κ1) is 14.2. The molecular weight excluding hydrogens is 240 g/mol. The molecule has 0 aliphatic heterocycles. The Hall–Kier alpha value is -1.19. The topological polar surface area (TPSA) is 46.5 Å². The fourth-order valence-corrected chi connectivity index (χ4v) is 3.08. The number of carbonyl (C=O) groups is 1. The summed E-state index contributed by atoms with van der Waals surface area (Å²) in [5, 5.41) is 9.50. The highest BCUT2D eigenvalue weighted by atomic mass is 16.5. The van der Waals surface area contributed by atoms with Crippen LogP contribution < -0.4 is 0 Å². The Labute approximate surface area is 114 Å². The maximum atomic E-state index is 12.5. The number of ether oxygens (including phenoxy) is 1. The lowest BCUT2D eigenvalue weighted by atomic mass is 9.86. The lowest BCUT2D eigenvalue weighted by molar-refractivity contribution is 0.0722. The summed E-state index contributed by atoms with van der Waals surface area (Å²) >= 11 is 0. The zero-order valence-electron chi connectivity index (χ0n) is 12.2. The van der Waals surface area contributed by atoms with Gasteiger partial charge in [0.2, 0.25) is 0 Å². The molecule has 1 atom stereocenters. The molecule has 0 saturated carbocycles. The first-order valence-electron chi connectivity index (χ1n) is 6.71. The molecule has 3 nitrogen and oxygen atoms in total. The molecule has 0 heterocycles. The van der Waals surface area contributed by atoms with E-state index in [9.17, 15) is 9.90 Å². The van der Waals surface area contributed by atoms with Crippen molar-refractivity contribution < 1.29 is 14.6 Å². The molecule has 0 aromatic heterocycles. The van der Waals surface area contributed by atoms with E-state index in [1.54, 1.807) is 7.11 Å². The summed E-state index contributed by atoms with van der Waals surface area (Å²) in [5.41, 5.74) is 4.75. The minimum atomic E-state index is -0.639. The molecule has 1 N–H and O–H groups in total. The van der Waals surface area contributed by atoms with Crippen LogP contribution in [0.5, 0.6) is 0 Å². The van der Waals surface area contributed by atoms with Crippen molar-refractivity contribution in [2.75, 3.05) is 20.3 Å². The highest BCUT2D eigenvalue weighted by Gasteiger charge is 2.42. The normalized spacial score (nSPS) is 21.8. The Bertz CT molecular complexity index is 519. The molecule has 0 saturated heterocycles. The minimum absolute atomic E-state index is 0.0844. The summed E-state index contributed by atoms with van der Waals surface area (Å²) in [6, 6.07) is 2.10. The summed E-state index contributed by atoms with van der Waals surface area (Å²) in [4.78, 5) is 12.5. The van der Waals surface area contributed by atoms with E-state index in [4.69, 9.17) is 4.74 Å². The van der Waals surface area contributed by atoms with Crippen molar-refractivity contribution in [1.29, 1.82) is 0 Å². The summed E-state index contributed by atoms with van der Waals surface area (Å²) < 4.78 is 5.14. The number of benzene rings is 1. The Morgan fingerprint density at radius 2 is 2.11 bits per heavy atom. The molecule has 1 aromatic rings. The number of Topliss-reactive ketones (excluding diaryl/α,β-unsaturated/α-hetero) is 1. The van der Waals surface area contributed by atoms with Crippen molar-refractivity contribution in [3.05, 3.63) is 33.9 Å². The van der Waals surface area contributed by atoms with Gasteiger partial charge in [0.05, 0.1) is 18.6 Å². The first-order valence-corrected chi connectivity index (χ1v) is 6.71. The van der Waals surface area contributed by atoms with Gasteiger partial charge in [-0.2, -0.15) is 0 Å². The minimum Gasteiger partial charge on any atom is -0.395 e. The molecular formula is C16H22O3. The molecule has 3 heteroatoms. The number of hydrogen-bond donors (Lipinski definition) is 1. The molecule has 2 rings (SSSR count). The lowest BCUT2D eigenvalue weighted by Gasteiger charge is -2.17. The van der Waals surface area contributed by atoms with Crippen LogP contribution in [-0.4, -0.2) is 31.2 Å². The van der Waals surface area contributed by atoms with Crippen molar-refractivity contribution in [1.82, 2.24) is 0 Å². The largest absolute Gasteiger partial charge is 0.395 e. The Morgan fingerprint density at radius 3 is 2.68 bits per heavy atom. The van der Waals surface area contributed by atoms with Crippen LogP contribution in [0.2, 0.25) is 0 Å². The third-order valence-electron chi connectivity index (χ3n) is 4.28. The van der Waals surface area contributed by atoms with Crippen LogP contribution in [0, 0.1) is 19.3 Å². The number of ketones is 1. The van der Waals surface area contributed by atoms with Gasteiger partial charge in [0.1, 0.15) is 0 Å². The molecule has 104 valence electrons. The molecule has 0 radical (unpaired) electrons. The van der Waals surface area contributed by atoms with Crippen LogP contribution in [0.25, 0.3) is 0 Å². The second kappa shape index (κ2) is 5.06. The Kier molecular flexibility index (Phi) is 3.79. The average Bonchev–Trinajstić information content (AvgIpc) is 2.62. The number of rotatable bonds is 4. The second-order valence-corrected chi connectivity index (χ2v) is 5.80. The van der Waals surface area contributed by atoms with Crippen LogP contribution in [-0.2, 0) is 17.6 Å². The molecule has 19 heavy (non-hydrogen) atoms. The third kappa shape index (κ3) is 2.21. The van der Waals surface area contributed by atoms with Gasteiger partial charge in [-0.15, -0.1) is 0 Å². The summed E-state index contributed by atoms with van der Waals surface area (Å²) in [6.07, 6.45) is 1.47. The number of carbonyl (C=O) groups excluding carboxylic acids is 1. The summed E-state index contributed by atoms with van der Waals surface area (Å²) in [6.45, 7) is 6.51. The Balaban J connectivity index is 2.50. The van der Waals surface area contributed by atoms with E-state index in [2.05, 4.69) is 13.0 Å². The number of methoxy groups -OCH3 is 1. The van der Waals surface area contributed by atoms with Gasteiger partial charge in [0.15, 0.2) is 5.78 Å². The fourth-order valence-electron chi connectivity index (χ4n) is 3.08. The monoisotopic (exact) mass is 262 g/mol. The fraction of sp³-hybridized carbons (Fsp3) is 0.562. The number of aryl methyl sites for hydroxylation is 1. The zero-order valence-corrected chi connectivity index (χ0v) is 12.2. The van der Waals surface area contributed by atoms with Crippen LogP contribution in [0.4, 0.5) is 0 Å². The smallest absolute Gasteiger partial charge is 0.171 e. The van der Waals surface area contributed by atoms with Gasteiger partial charge in [0.25, 0.3) is 0 Å². The number of fused-ring (bicyclic) bond motifs is 1. The maximum Gasteiger partial charge on any atom is 0.171 e. The molecule has 1 aromatic carbocycles. The van der Waals surface area contributed by atoms with E-state index in [-0.39, 0.29) is 12.4 Å². The lowest BCUT2D eigenvalue weighted by Crippen LogP contribution is -2.28. The standard InChI is InChI=1S/C16H22O3/c1-10-7-12-8-16(3,9-17)15(18)14(12)11(2)13(10)5-6-19-4/h7,17H,5-6,8-9H2,1-4H3. The van der Waals surface area contributed by atoms with Crippen LogP contribution in [0.1, 0.15) is 39.5 Å². The van der Waals surface area contributed by atoms with Crippen molar-refractivity contribution in [3.63, 3.8) is 0 Å². The van der Waals surface area contributed by atoms with Gasteiger partial charge in [-0.1, -0.05) is 6.07 Å². The molecule has 1 unspecified atom stereocenters. The third-order valence-corrected chi connectivity index (χ3v) is 4.28. The average molecular weight is 262 g/mol. The summed E-state index contributed by atoms with van der Waals surface area (Å²) in [5.74, 6) is 0.0844. The van der Waals surface area contributed by atoms with Crippen LogP contribution >= 0.6 is 0 Å². The van der Waals surface area contributed by atoms with Crippen molar-refractivity contribution >= 4 is 5.78 Å². The highest BCUT2D eigenvalue weighted by Crippen LogP contribution is 2.39. The highest BCUT2D eigenvalue weighted by molar-refractivity contribution is 6.06. The predicted molar refractivity (Wildman–Crippen MR) is 74.7 cm³/mol. The molecule has 0 spiro atoms. The van der Waals surface area contributed by atoms with Crippen molar-refractivity contribution in [3.8, 4) is 0 Å². The summed E-state index contributed by atoms with van der Waals surface area (Å²) in [7, 11) is 1.69. The second-order valence-electron chi connectivity index (χ2n) is 5.80. The number of aliphatic hydroxyl groups is 1. The van der Waals surface area contributed by atoms with E-state index in [1.807, 2.05) is 13.8 Å². The molecule has 1 aliphatic rings. The van der Waals surface area contributed by atoms with Gasteiger partial charge in [-0.05, 0) is 55.9 Å². The first-order chi connectivity index (χ1) is 8.94. The van der Waals surface area contributed by atoms with E-state index < -0.39 is 5.41 Å². The van der Waals surface area contributed by atoms with Gasteiger partial charge in [0, 0.05) is 12.7 Å². The van der Waals surface area contributed by atoms with Crippen LogP contribution in [0.15, 0.2) is 6.07 Å². The maximum absolute atomic E-state index is 12.5. The number of hydrogen-bond acceptors (Lipinski definition) is 3. The number of aliphatic hydroxyl groups excluding tert-OH is 1. The Morgan fingerprint density at radius 1 is 1.42 bits per heavy atom.